The van der Waals surface area contributed by atoms with E-state index in [-0.39, 0.29) is 0 Å². The molecule has 1 aromatic heterocycles. The SMILES string of the molecule is CCCC(CS)Cn1cnc2cc(C)c(C)cc21. The van der Waals surface area contributed by atoms with Crippen LogP contribution in [-0.2, 0) is 6.54 Å². The van der Waals surface area contributed by atoms with Gasteiger partial charge in [-0.2, -0.15) is 12.6 Å². The number of hydrogen-bond donors (Lipinski definition) is 1. The number of benzene rings is 1. The lowest BCUT2D eigenvalue weighted by molar-refractivity contribution is 0.460. The van der Waals surface area contributed by atoms with Crippen molar-refractivity contribution in [3.05, 3.63) is 29.6 Å². The molecule has 0 amide bonds. The molecule has 1 heterocycles. The van der Waals surface area contributed by atoms with Crippen LogP contribution in [0.2, 0.25) is 0 Å². The Morgan fingerprint density at radius 3 is 2.67 bits per heavy atom. The molecule has 3 heteroatoms. The monoisotopic (exact) mass is 262 g/mol. The van der Waals surface area contributed by atoms with Crippen molar-refractivity contribution >= 4 is 23.7 Å². The van der Waals surface area contributed by atoms with Gasteiger partial charge in [-0.25, -0.2) is 4.98 Å². The van der Waals surface area contributed by atoms with Crippen molar-refractivity contribution in [2.24, 2.45) is 5.92 Å². The summed E-state index contributed by atoms with van der Waals surface area (Å²) < 4.78 is 2.28. The number of imidazole rings is 1. The molecule has 98 valence electrons. The summed E-state index contributed by atoms with van der Waals surface area (Å²) >= 11 is 4.46. The van der Waals surface area contributed by atoms with Gasteiger partial charge in [0.25, 0.3) is 0 Å². The van der Waals surface area contributed by atoms with Crippen molar-refractivity contribution in [2.45, 2.75) is 40.2 Å². The lowest BCUT2D eigenvalue weighted by atomic mass is 10.1. The molecule has 0 fully saturated rings. The van der Waals surface area contributed by atoms with Gasteiger partial charge in [0.05, 0.1) is 17.4 Å². The molecule has 0 bridgehead atoms. The van der Waals surface area contributed by atoms with E-state index in [1.165, 1.54) is 29.5 Å². The van der Waals surface area contributed by atoms with E-state index in [0.717, 1.165) is 17.8 Å². The molecule has 2 nitrogen and oxygen atoms in total. The van der Waals surface area contributed by atoms with Gasteiger partial charge in [-0.15, -0.1) is 0 Å². The molecule has 0 spiro atoms. The van der Waals surface area contributed by atoms with Gasteiger partial charge in [0.1, 0.15) is 0 Å². The quantitative estimate of drug-likeness (QED) is 0.806. The lowest BCUT2D eigenvalue weighted by Gasteiger charge is -2.14. The molecule has 1 aromatic carbocycles. The number of thiol groups is 1. The molecule has 0 radical (unpaired) electrons. The summed E-state index contributed by atoms with van der Waals surface area (Å²) in [6.45, 7) is 7.56. The molecule has 2 rings (SSSR count). The zero-order valence-corrected chi connectivity index (χ0v) is 12.4. The number of nitrogens with zero attached hydrogens (tertiary/aromatic N) is 2. The van der Waals surface area contributed by atoms with Crippen molar-refractivity contribution in [3.63, 3.8) is 0 Å². The maximum Gasteiger partial charge on any atom is 0.0958 e. The number of aromatic nitrogens is 2. The second-order valence-corrected chi connectivity index (χ2v) is 5.52. The van der Waals surface area contributed by atoms with E-state index in [2.05, 4.69) is 55.1 Å². The van der Waals surface area contributed by atoms with E-state index in [9.17, 15) is 0 Å². The minimum absolute atomic E-state index is 0.636. The van der Waals surface area contributed by atoms with Crippen molar-refractivity contribution < 1.29 is 0 Å². The van der Waals surface area contributed by atoms with Crippen LogP contribution in [-0.4, -0.2) is 15.3 Å². The molecule has 1 atom stereocenters. The lowest BCUT2D eigenvalue weighted by Crippen LogP contribution is -2.11. The van der Waals surface area contributed by atoms with E-state index >= 15 is 0 Å². The van der Waals surface area contributed by atoms with Gasteiger partial charge < -0.3 is 4.57 Å². The van der Waals surface area contributed by atoms with Crippen molar-refractivity contribution in [1.82, 2.24) is 9.55 Å². The van der Waals surface area contributed by atoms with Crippen LogP contribution in [0.3, 0.4) is 0 Å². The summed E-state index contributed by atoms with van der Waals surface area (Å²) in [7, 11) is 0. The van der Waals surface area contributed by atoms with Crippen molar-refractivity contribution in [1.29, 1.82) is 0 Å². The predicted octanol–water partition coefficient (Wildman–Crippen LogP) is 4.00. The van der Waals surface area contributed by atoms with Gasteiger partial charge in [0, 0.05) is 6.54 Å². The van der Waals surface area contributed by atoms with Crippen molar-refractivity contribution in [3.8, 4) is 0 Å². The third-order valence-corrected chi connectivity index (χ3v) is 4.16. The van der Waals surface area contributed by atoms with Gasteiger partial charge in [0.2, 0.25) is 0 Å². The highest BCUT2D eigenvalue weighted by atomic mass is 32.1. The standard InChI is InChI=1S/C15H22N2S/c1-4-5-13(9-18)8-17-10-16-14-6-11(2)12(3)7-15(14)17/h6-7,10,13,18H,4-5,8-9H2,1-3H3. The van der Waals surface area contributed by atoms with Crippen molar-refractivity contribution in [2.75, 3.05) is 5.75 Å². The summed E-state index contributed by atoms with van der Waals surface area (Å²) in [6.07, 6.45) is 4.42. The highest BCUT2D eigenvalue weighted by Gasteiger charge is 2.10. The molecule has 2 aromatic rings. The minimum atomic E-state index is 0.636. The molecule has 18 heavy (non-hydrogen) atoms. The number of aryl methyl sites for hydroxylation is 2. The third-order valence-electron chi connectivity index (χ3n) is 3.65. The average molecular weight is 262 g/mol. The van der Waals surface area contributed by atoms with Crippen LogP contribution in [0.5, 0.6) is 0 Å². The predicted molar refractivity (Wildman–Crippen MR) is 81.5 cm³/mol. The summed E-state index contributed by atoms with van der Waals surface area (Å²) in [5.74, 6) is 1.58. The molecule has 0 aliphatic rings. The normalized spacial score (nSPS) is 13.1. The van der Waals surface area contributed by atoms with E-state index in [4.69, 9.17) is 0 Å². The number of fused-ring (bicyclic) bond motifs is 1. The zero-order valence-electron chi connectivity index (χ0n) is 11.5. The van der Waals surface area contributed by atoms with Gasteiger partial charge in [-0.1, -0.05) is 13.3 Å². The Hall–Kier alpha value is -0.960. The Morgan fingerprint density at radius 1 is 1.28 bits per heavy atom. The first-order valence-corrected chi connectivity index (χ1v) is 7.32. The fourth-order valence-corrected chi connectivity index (χ4v) is 2.68. The number of hydrogen-bond acceptors (Lipinski definition) is 2. The Bertz CT molecular complexity index is 531. The molecule has 0 saturated heterocycles. The van der Waals surface area contributed by atoms with Crippen LogP contribution in [0.1, 0.15) is 30.9 Å². The maximum atomic E-state index is 4.51. The maximum absolute atomic E-state index is 4.51. The van der Waals surface area contributed by atoms with Gasteiger partial charge >= 0.3 is 0 Å². The fraction of sp³-hybridized carbons (Fsp3) is 0.533. The Balaban J connectivity index is 2.31. The smallest absolute Gasteiger partial charge is 0.0958 e. The van der Waals surface area contributed by atoms with Crippen LogP contribution in [0.4, 0.5) is 0 Å². The molecule has 1 unspecified atom stereocenters. The first-order valence-electron chi connectivity index (χ1n) is 6.68. The van der Waals surface area contributed by atoms with Gasteiger partial charge in [0.15, 0.2) is 0 Å². The second kappa shape index (κ2) is 5.79. The minimum Gasteiger partial charge on any atom is -0.330 e. The van der Waals surface area contributed by atoms with Gasteiger partial charge in [-0.3, -0.25) is 0 Å². The average Bonchev–Trinajstić information content (AvgIpc) is 2.72. The molecular weight excluding hydrogens is 240 g/mol. The highest BCUT2D eigenvalue weighted by Crippen LogP contribution is 2.20. The number of rotatable bonds is 5. The van der Waals surface area contributed by atoms with Crippen LogP contribution in [0.15, 0.2) is 18.5 Å². The zero-order chi connectivity index (χ0) is 13.1. The molecule has 0 aliphatic carbocycles. The second-order valence-electron chi connectivity index (χ2n) is 5.16. The first-order chi connectivity index (χ1) is 8.65. The summed E-state index contributed by atoms with van der Waals surface area (Å²) in [5, 5.41) is 0. The molecule has 0 N–H and O–H groups in total. The molecular formula is C15H22N2S. The third kappa shape index (κ3) is 2.72. The summed E-state index contributed by atoms with van der Waals surface area (Å²) in [4.78, 5) is 4.51. The summed E-state index contributed by atoms with van der Waals surface area (Å²) in [6, 6.07) is 4.43. The van der Waals surface area contributed by atoms with Crippen LogP contribution in [0, 0.1) is 19.8 Å². The largest absolute Gasteiger partial charge is 0.330 e. The Morgan fingerprint density at radius 2 is 2.00 bits per heavy atom. The Kier molecular flexibility index (Phi) is 4.33. The Labute approximate surface area is 115 Å². The van der Waals surface area contributed by atoms with E-state index in [1.54, 1.807) is 0 Å². The van der Waals surface area contributed by atoms with E-state index in [1.807, 2.05) is 6.33 Å². The summed E-state index contributed by atoms with van der Waals surface area (Å²) in [5.41, 5.74) is 5.00. The molecule has 0 aliphatic heterocycles. The van der Waals surface area contributed by atoms with E-state index < -0.39 is 0 Å². The highest BCUT2D eigenvalue weighted by molar-refractivity contribution is 7.80. The topological polar surface area (TPSA) is 17.8 Å². The van der Waals surface area contributed by atoms with Crippen LogP contribution >= 0.6 is 12.6 Å². The van der Waals surface area contributed by atoms with E-state index in [0.29, 0.717) is 5.92 Å². The fourth-order valence-electron chi connectivity index (χ4n) is 2.39. The first kappa shape index (κ1) is 13.5. The van der Waals surface area contributed by atoms with Gasteiger partial charge in [-0.05, 0) is 55.2 Å². The van der Waals surface area contributed by atoms with Crippen LogP contribution in [0.25, 0.3) is 11.0 Å². The van der Waals surface area contributed by atoms with Crippen LogP contribution < -0.4 is 0 Å². The molecule has 0 saturated carbocycles.